The lowest BCUT2D eigenvalue weighted by atomic mass is 10.2. The quantitative estimate of drug-likeness (QED) is 0.782. The van der Waals surface area contributed by atoms with E-state index in [4.69, 9.17) is 0 Å². The molecule has 0 aromatic heterocycles. The molecule has 0 amide bonds. The number of hydrogen-bond donors (Lipinski definition) is 1. The van der Waals surface area contributed by atoms with Crippen LogP contribution in [0.5, 0.6) is 0 Å². The molecule has 0 aliphatic heterocycles. The first kappa shape index (κ1) is 16.6. The number of rotatable bonds is 4. The Kier molecular flexibility index (Phi) is 5.19. The fourth-order valence-corrected chi connectivity index (χ4v) is 4.41. The van der Waals surface area contributed by atoms with Crippen molar-refractivity contribution in [3.05, 3.63) is 62.3 Å². The Labute approximate surface area is 139 Å². The zero-order valence-corrected chi connectivity index (χ0v) is 15.0. The fraction of sp³-hybridized carbons (Fsp3) is 0.143. The van der Waals surface area contributed by atoms with Crippen LogP contribution in [0.25, 0.3) is 0 Å². The van der Waals surface area contributed by atoms with Crippen molar-refractivity contribution < 1.29 is 12.8 Å². The molecule has 0 heterocycles. The molecule has 0 aliphatic rings. The lowest BCUT2D eigenvalue weighted by Crippen LogP contribution is -2.24. The van der Waals surface area contributed by atoms with E-state index in [1.165, 1.54) is 18.2 Å². The highest BCUT2D eigenvalue weighted by Crippen LogP contribution is 2.28. The highest BCUT2D eigenvalue weighted by Gasteiger charge is 2.19. The van der Waals surface area contributed by atoms with Crippen LogP contribution in [0.15, 0.2) is 50.2 Å². The SMILES string of the molecule is Cc1cc(Br)c(S(=O)(=O)NCc2ccccc2F)cc1Br. The number of nitrogens with one attached hydrogen (secondary N) is 1. The first-order valence-electron chi connectivity index (χ1n) is 6.00. The van der Waals surface area contributed by atoms with Gasteiger partial charge < -0.3 is 0 Å². The molecule has 1 N–H and O–H groups in total. The van der Waals surface area contributed by atoms with Gasteiger partial charge in [0.2, 0.25) is 10.0 Å². The molecule has 2 aromatic carbocycles. The number of aryl methyl sites for hydroxylation is 1. The summed E-state index contributed by atoms with van der Waals surface area (Å²) in [6, 6.07) is 9.27. The van der Waals surface area contributed by atoms with E-state index in [1.807, 2.05) is 6.92 Å². The van der Waals surface area contributed by atoms with Gasteiger partial charge in [-0.05, 0) is 46.6 Å². The summed E-state index contributed by atoms with van der Waals surface area (Å²) in [4.78, 5) is 0.108. The molecule has 0 fully saturated rings. The summed E-state index contributed by atoms with van der Waals surface area (Å²) in [5.41, 5.74) is 1.21. The number of hydrogen-bond acceptors (Lipinski definition) is 2. The normalized spacial score (nSPS) is 11.6. The number of halogens is 3. The predicted molar refractivity (Wildman–Crippen MR) is 87.0 cm³/mol. The summed E-state index contributed by atoms with van der Waals surface area (Å²) in [6.45, 7) is 1.75. The molecule has 0 radical (unpaired) electrons. The van der Waals surface area contributed by atoms with Crippen molar-refractivity contribution in [2.24, 2.45) is 0 Å². The summed E-state index contributed by atoms with van der Waals surface area (Å²) in [5.74, 6) is -0.440. The minimum Gasteiger partial charge on any atom is -0.207 e. The zero-order valence-electron chi connectivity index (χ0n) is 11.0. The van der Waals surface area contributed by atoms with Crippen molar-refractivity contribution in [1.82, 2.24) is 4.72 Å². The van der Waals surface area contributed by atoms with Crippen LogP contribution in [0.2, 0.25) is 0 Å². The van der Waals surface area contributed by atoms with Gasteiger partial charge in [-0.15, -0.1) is 0 Å². The van der Waals surface area contributed by atoms with Crippen molar-refractivity contribution >= 4 is 41.9 Å². The van der Waals surface area contributed by atoms with Crippen LogP contribution in [0.3, 0.4) is 0 Å². The Morgan fingerprint density at radius 2 is 1.81 bits per heavy atom. The lowest BCUT2D eigenvalue weighted by molar-refractivity contribution is 0.574. The minimum absolute atomic E-state index is 0.104. The van der Waals surface area contributed by atoms with E-state index < -0.39 is 15.8 Å². The van der Waals surface area contributed by atoms with Crippen molar-refractivity contribution in [3.63, 3.8) is 0 Å². The molecular formula is C14H12Br2FNO2S. The molecule has 112 valence electrons. The van der Waals surface area contributed by atoms with Gasteiger partial charge in [0.1, 0.15) is 5.82 Å². The maximum Gasteiger partial charge on any atom is 0.242 e. The molecule has 0 aliphatic carbocycles. The van der Waals surface area contributed by atoms with Crippen LogP contribution in [-0.2, 0) is 16.6 Å². The molecule has 0 saturated carbocycles. The van der Waals surface area contributed by atoms with Crippen molar-refractivity contribution in [2.45, 2.75) is 18.4 Å². The monoisotopic (exact) mass is 435 g/mol. The summed E-state index contributed by atoms with van der Waals surface area (Å²) in [5, 5.41) is 0. The molecular weight excluding hydrogens is 425 g/mol. The molecule has 2 aromatic rings. The van der Waals surface area contributed by atoms with E-state index >= 15 is 0 Å². The van der Waals surface area contributed by atoms with Gasteiger partial charge in [-0.25, -0.2) is 17.5 Å². The smallest absolute Gasteiger partial charge is 0.207 e. The van der Waals surface area contributed by atoms with E-state index in [0.29, 0.717) is 14.5 Å². The predicted octanol–water partition coefficient (Wildman–Crippen LogP) is 4.14. The van der Waals surface area contributed by atoms with Gasteiger partial charge in [0.05, 0.1) is 4.90 Å². The summed E-state index contributed by atoms with van der Waals surface area (Å²) < 4.78 is 41.7. The zero-order chi connectivity index (χ0) is 15.6. The highest BCUT2D eigenvalue weighted by atomic mass is 79.9. The standard InChI is InChI=1S/C14H12Br2FNO2S/c1-9-6-12(16)14(7-11(9)15)21(19,20)18-8-10-4-2-3-5-13(10)17/h2-7,18H,8H2,1H3. The molecule has 0 unspecified atom stereocenters. The highest BCUT2D eigenvalue weighted by molar-refractivity contribution is 9.11. The molecule has 2 rings (SSSR count). The van der Waals surface area contributed by atoms with E-state index in [9.17, 15) is 12.8 Å². The van der Waals surface area contributed by atoms with Gasteiger partial charge in [0.15, 0.2) is 0 Å². The first-order chi connectivity index (χ1) is 9.81. The minimum atomic E-state index is -3.74. The van der Waals surface area contributed by atoms with E-state index in [-0.39, 0.29) is 11.4 Å². The number of sulfonamides is 1. The first-order valence-corrected chi connectivity index (χ1v) is 9.07. The van der Waals surface area contributed by atoms with Crippen molar-refractivity contribution in [2.75, 3.05) is 0 Å². The van der Waals surface area contributed by atoms with Gasteiger partial charge in [-0.1, -0.05) is 34.1 Å². The number of benzene rings is 2. The second kappa shape index (κ2) is 6.56. The van der Waals surface area contributed by atoms with E-state index in [2.05, 4.69) is 36.6 Å². The Balaban J connectivity index is 2.27. The molecule has 0 spiro atoms. The van der Waals surface area contributed by atoms with E-state index in [1.54, 1.807) is 18.2 Å². The Morgan fingerprint density at radius 3 is 2.48 bits per heavy atom. The third-order valence-electron chi connectivity index (χ3n) is 2.91. The second-order valence-corrected chi connectivity index (χ2v) is 7.89. The summed E-state index contributed by atoms with van der Waals surface area (Å²) in [7, 11) is -3.74. The molecule has 7 heteroatoms. The van der Waals surface area contributed by atoms with Crippen LogP contribution in [-0.4, -0.2) is 8.42 Å². The summed E-state index contributed by atoms with van der Waals surface area (Å²) in [6.07, 6.45) is 0. The average Bonchev–Trinajstić information content (AvgIpc) is 2.42. The fourth-order valence-electron chi connectivity index (χ4n) is 1.73. The van der Waals surface area contributed by atoms with Crippen molar-refractivity contribution in [1.29, 1.82) is 0 Å². The maximum atomic E-state index is 13.5. The molecule has 3 nitrogen and oxygen atoms in total. The molecule has 0 bridgehead atoms. The van der Waals surface area contributed by atoms with Gasteiger partial charge in [0.25, 0.3) is 0 Å². The average molecular weight is 437 g/mol. The van der Waals surface area contributed by atoms with Crippen LogP contribution in [0, 0.1) is 12.7 Å². The third-order valence-corrected chi connectivity index (χ3v) is 6.13. The molecule has 21 heavy (non-hydrogen) atoms. The van der Waals surface area contributed by atoms with Gasteiger partial charge in [-0.2, -0.15) is 0 Å². The van der Waals surface area contributed by atoms with Crippen LogP contribution in [0.1, 0.15) is 11.1 Å². The summed E-state index contributed by atoms with van der Waals surface area (Å²) >= 11 is 6.55. The molecule has 0 saturated heterocycles. The topological polar surface area (TPSA) is 46.2 Å². The third kappa shape index (κ3) is 3.91. The van der Waals surface area contributed by atoms with Crippen molar-refractivity contribution in [3.8, 4) is 0 Å². The van der Waals surface area contributed by atoms with Gasteiger partial charge in [-0.3, -0.25) is 0 Å². The van der Waals surface area contributed by atoms with Crippen LogP contribution < -0.4 is 4.72 Å². The maximum absolute atomic E-state index is 13.5. The lowest BCUT2D eigenvalue weighted by Gasteiger charge is -2.11. The van der Waals surface area contributed by atoms with Crippen LogP contribution >= 0.6 is 31.9 Å². The second-order valence-electron chi connectivity index (χ2n) is 4.45. The van der Waals surface area contributed by atoms with Crippen LogP contribution in [0.4, 0.5) is 4.39 Å². The Bertz CT molecular complexity index is 779. The van der Waals surface area contributed by atoms with Gasteiger partial charge >= 0.3 is 0 Å². The molecule has 0 atom stereocenters. The van der Waals surface area contributed by atoms with Gasteiger partial charge in [0, 0.05) is 21.1 Å². The Hall–Kier alpha value is -0.760. The largest absolute Gasteiger partial charge is 0.242 e. The van der Waals surface area contributed by atoms with E-state index in [0.717, 1.165) is 5.56 Å². The Morgan fingerprint density at radius 1 is 1.14 bits per heavy atom.